The lowest BCUT2D eigenvalue weighted by atomic mass is 10.0. The second-order valence-corrected chi connectivity index (χ2v) is 4.67. The summed E-state index contributed by atoms with van der Waals surface area (Å²) in [6, 6.07) is 11.9. The molecule has 2 rings (SSSR count). The fraction of sp³-hybridized carbons (Fsp3) is 0.267. The highest BCUT2D eigenvalue weighted by atomic mass is 15.1. The number of hydrogen-bond acceptors (Lipinski definition) is 5. The molecule has 1 aromatic heterocycles. The van der Waals surface area contributed by atoms with E-state index in [1.165, 1.54) is 11.9 Å². The minimum absolute atomic E-state index is 0.221. The fourth-order valence-corrected chi connectivity index (χ4v) is 1.90. The Morgan fingerprint density at radius 3 is 2.70 bits per heavy atom. The third-order valence-corrected chi connectivity index (χ3v) is 2.86. The first-order valence-electron chi connectivity index (χ1n) is 6.49. The van der Waals surface area contributed by atoms with E-state index in [4.69, 9.17) is 5.26 Å². The number of benzene rings is 1. The monoisotopic (exact) mass is 267 g/mol. The van der Waals surface area contributed by atoms with Crippen molar-refractivity contribution in [3.8, 4) is 6.07 Å². The molecule has 2 N–H and O–H groups in total. The smallest absolute Gasteiger partial charge is 0.135 e. The second kappa shape index (κ2) is 6.53. The van der Waals surface area contributed by atoms with E-state index in [-0.39, 0.29) is 6.54 Å². The molecule has 102 valence electrons. The van der Waals surface area contributed by atoms with Gasteiger partial charge in [-0.2, -0.15) is 5.26 Å². The summed E-state index contributed by atoms with van der Waals surface area (Å²) in [6.07, 6.45) is 1.47. The van der Waals surface area contributed by atoms with Crippen LogP contribution in [-0.2, 0) is 0 Å². The number of nitrogens with one attached hydrogen (secondary N) is 2. The lowest BCUT2D eigenvalue weighted by Crippen LogP contribution is -2.03. The van der Waals surface area contributed by atoms with Crippen molar-refractivity contribution in [3.63, 3.8) is 0 Å². The molecular weight excluding hydrogens is 250 g/mol. The molecule has 0 saturated carbocycles. The number of nitriles is 1. The van der Waals surface area contributed by atoms with Crippen molar-refractivity contribution in [2.45, 2.75) is 19.8 Å². The van der Waals surface area contributed by atoms with Crippen LogP contribution in [0.3, 0.4) is 0 Å². The molecule has 0 saturated heterocycles. The maximum absolute atomic E-state index is 8.56. The second-order valence-electron chi connectivity index (χ2n) is 4.67. The van der Waals surface area contributed by atoms with Gasteiger partial charge < -0.3 is 10.6 Å². The van der Waals surface area contributed by atoms with Gasteiger partial charge in [0.1, 0.15) is 24.5 Å². The van der Waals surface area contributed by atoms with Crippen LogP contribution in [0.5, 0.6) is 0 Å². The Kier molecular flexibility index (Phi) is 4.51. The Labute approximate surface area is 118 Å². The van der Waals surface area contributed by atoms with Crippen molar-refractivity contribution >= 4 is 17.3 Å². The molecule has 0 radical (unpaired) electrons. The highest BCUT2D eigenvalue weighted by molar-refractivity contribution is 5.63. The predicted molar refractivity (Wildman–Crippen MR) is 79.9 cm³/mol. The lowest BCUT2D eigenvalue weighted by molar-refractivity contribution is 0.869. The number of aromatic nitrogens is 2. The van der Waals surface area contributed by atoms with E-state index >= 15 is 0 Å². The largest absolute Gasteiger partial charge is 0.357 e. The van der Waals surface area contributed by atoms with Crippen LogP contribution in [0, 0.1) is 11.3 Å². The Morgan fingerprint density at radius 2 is 1.95 bits per heavy atom. The minimum atomic E-state index is 0.221. The molecule has 0 atom stereocenters. The molecular formula is C15H17N5. The van der Waals surface area contributed by atoms with E-state index in [0.29, 0.717) is 17.6 Å². The number of anilines is 3. The van der Waals surface area contributed by atoms with Crippen molar-refractivity contribution in [1.29, 1.82) is 5.26 Å². The maximum atomic E-state index is 8.56. The summed E-state index contributed by atoms with van der Waals surface area (Å²) in [7, 11) is 0. The van der Waals surface area contributed by atoms with Gasteiger partial charge in [-0.25, -0.2) is 9.97 Å². The zero-order chi connectivity index (χ0) is 14.4. The van der Waals surface area contributed by atoms with E-state index < -0.39 is 0 Å². The summed E-state index contributed by atoms with van der Waals surface area (Å²) in [6.45, 7) is 4.53. The molecule has 1 heterocycles. The summed E-state index contributed by atoms with van der Waals surface area (Å²) >= 11 is 0. The average Bonchev–Trinajstić information content (AvgIpc) is 2.46. The normalized spacial score (nSPS) is 10.1. The molecule has 0 unspecified atom stereocenters. The maximum Gasteiger partial charge on any atom is 0.135 e. The van der Waals surface area contributed by atoms with Crippen LogP contribution in [0.25, 0.3) is 0 Å². The number of nitrogens with zero attached hydrogens (tertiary/aromatic N) is 3. The van der Waals surface area contributed by atoms with Gasteiger partial charge in [-0.15, -0.1) is 0 Å². The quantitative estimate of drug-likeness (QED) is 0.813. The van der Waals surface area contributed by atoms with Crippen molar-refractivity contribution in [3.05, 3.63) is 42.2 Å². The zero-order valence-corrected chi connectivity index (χ0v) is 11.6. The third kappa shape index (κ3) is 3.45. The first kappa shape index (κ1) is 13.8. The summed E-state index contributed by atoms with van der Waals surface area (Å²) in [5.41, 5.74) is 2.27. The standard InChI is InChI=1S/C15H17N5/c1-11(2)12-5-3-4-6-13(12)20-15-9-14(17-8-7-16)18-10-19-15/h3-6,9-11H,8H2,1-2H3,(H2,17,18,19,20). The molecule has 0 aliphatic heterocycles. The highest BCUT2D eigenvalue weighted by Gasteiger charge is 2.06. The average molecular weight is 267 g/mol. The minimum Gasteiger partial charge on any atom is -0.357 e. The van der Waals surface area contributed by atoms with Gasteiger partial charge in [0.2, 0.25) is 0 Å². The van der Waals surface area contributed by atoms with Crippen LogP contribution in [0.15, 0.2) is 36.7 Å². The van der Waals surface area contributed by atoms with Crippen LogP contribution >= 0.6 is 0 Å². The number of hydrogen-bond donors (Lipinski definition) is 2. The van der Waals surface area contributed by atoms with Crippen LogP contribution in [0.1, 0.15) is 25.3 Å². The van der Waals surface area contributed by atoms with Crippen LogP contribution < -0.4 is 10.6 Å². The van der Waals surface area contributed by atoms with Gasteiger partial charge in [0.15, 0.2) is 0 Å². The molecule has 5 nitrogen and oxygen atoms in total. The van der Waals surface area contributed by atoms with Crippen LogP contribution in [0.2, 0.25) is 0 Å². The van der Waals surface area contributed by atoms with Crippen molar-refractivity contribution in [1.82, 2.24) is 9.97 Å². The molecule has 0 aliphatic carbocycles. The molecule has 20 heavy (non-hydrogen) atoms. The molecule has 0 bridgehead atoms. The van der Waals surface area contributed by atoms with E-state index in [1.807, 2.05) is 24.3 Å². The SMILES string of the molecule is CC(C)c1ccccc1Nc1cc(NCC#N)ncn1. The first-order chi connectivity index (χ1) is 9.70. The topological polar surface area (TPSA) is 73.6 Å². The Bertz CT molecular complexity index is 616. The zero-order valence-electron chi connectivity index (χ0n) is 11.6. The predicted octanol–water partition coefficient (Wildman–Crippen LogP) is 3.28. The Morgan fingerprint density at radius 1 is 1.20 bits per heavy atom. The molecule has 5 heteroatoms. The molecule has 0 spiro atoms. The third-order valence-electron chi connectivity index (χ3n) is 2.86. The van der Waals surface area contributed by atoms with E-state index in [2.05, 4.69) is 40.5 Å². The Hall–Kier alpha value is -2.61. The van der Waals surface area contributed by atoms with Gasteiger partial charge in [-0.05, 0) is 17.5 Å². The summed E-state index contributed by atoms with van der Waals surface area (Å²) in [5, 5.41) is 14.8. The summed E-state index contributed by atoms with van der Waals surface area (Å²) in [5.74, 6) is 1.76. The lowest BCUT2D eigenvalue weighted by Gasteiger charge is -2.14. The molecule has 2 aromatic rings. The van der Waals surface area contributed by atoms with Crippen molar-refractivity contribution in [2.24, 2.45) is 0 Å². The van der Waals surface area contributed by atoms with Crippen molar-refractivity contribution < 1.29 is 0 Å². The number of para-hydroxylation sites is 1. The molecule has 1 aromatic carbocycles. The number of rotatable bonds is 5. The van der Waals surface area contributed by atoms with E-state index in [9.17, 15) is 0 Å². The highest BCUT2D eigenvalue weighted by Crippen LogP contribution is 2.26. The van der Waals surface area contributed by atoms with Gasteiger partial charge >= 0.3 is 0 Å². The van der Waals surface area contributed by atoms with Gasteiger partial charge in [-0.3, -0.25) is 0 Å². The van der Waals surface area contributed by atoms with Gasteiger partial charge in [0.05, 0.1) is 6.07 Å². The Balaban J connectivity index is 2.20. The molecule has 0 amide bonds. The van der Waals surface area contributed by atoms with Gasteiger partial charge in [-0.1, -0.05) is 32.0 Å². The molecule has 0 aliphatic rings. The van der Waals surface area contributed by atoms with Crippen molar-refractivity contribution in [2.75, 3.05) is 17.2 Å². The van der Waals surface area contributed by atoms with Crippen LogP contribution in [0.4, 0.5) is 17.3 Å². The summed E-state index contributed by atoms with van der Waals surface area (Å²) in [4.78, 5) is 8.26. The first-order valence-corrected chi connectivity index (χ1v) is 6.49. The van der Waals surface area contributed by atoms with E-state index in [1.54, 1.807) is 6.07 Å². The summed E-state index contributed by atoms with van der Waals surface area (Å²) < 4.78 is 0. The van der Waals surface area contributed by atoms with E-state index in [0.717, 1.165) is 5.69 Å². The van der Waals surface area contributed by atoms with Crippen LogP contribution in [-0.4, -0.2) is 16.5 Å². The molecule has 0 fully saturated rings. The fourth-order valence-electron chi connectivity index (χ4n) is 1.90. The van der Waals surface area contributed by atoms with Gasteiger partial charge in [0, 0.05) is 11.8 Å². The van der Waals surface area contributed by atoms with Gasteiger partial charge in [0.25, 0.3) is 0 Å².